The number of hydrogen-bond donors (Lipinski definition) is 1. The molecule has 0 aromatic carbocycles. The smallest absolute Gasteiger partial charge is 0.330 e. The molecule has 2 rings (SSSR count). The zero-order valence-corrected chi connectivity index (χ0v) is 15.2. The van der Waals surface area contributed by atoms with E-state index in [1.54, 1.807) is 0 Å². The maximum Gasteiger partial charge on any atom is 0.330 e. The van der Waals surface area contributed by atoms with E-state index in [-0.39, 0.29) is 0 Å². The number of halogens is 1. The van der Waals surface area contributed by atoms with Gasteiger partial charge in [-0.05, 0) is 0 Å². The number of carbonyl (C=O) groups excluding carboxylic acids is 3. The van der Waals surface area contributed by atoms with Crippen LogP contribution in [0.1, 0.15) is 27.0 Å². The molecule has 0 unspecified atom stereocenters. The fourth-order valence-corrected chi connectivity index (χ4v) is 2.73. The van der Waals surface area contributed by atoms with Crippen molar-refractivity contribution in [2.24, 2.45) is 0 Å². The quantitative estimate of drug-likeness (QED) is 0.494. The Labute approximate surface area is 157 Å². The lowest BCUT2D eigenvalue weighted by atomic mass is 9.98. The molecule has 0 bridgehead atoms. The summed E-state index contributed by atoms with van der Waals surface area (Å²) in [6, 6.07) is 0.970. The van der Waals surface area contributed by atoms with Crippen molar-refractivity contribution in [3.8, 4) is 0 Å². The standard InChI is InChI=1S/C16H19FN2O9/c1-7(20)25-6-10-13(26-8(2)21)14(27-9(3)22)12(17)15(28-10)19-5-4-11(23)18-16(19)24/h4-5,10,12-15H,6H2,1-3H3,(H,18,23,24)/t10-,12-,13-,14-,15-/m1/s1. The third-order valence-corrected chi connectivity index (χ3v) is 3.77. The molecule has 12 heteroatoms. The second-order valence-electron chi connectivity index (χ2n) is 5.98. The summed E-state index contributed by atoms with van der Waals surface area (Å²) in [4.78, 5) is 59.2. The van der Waals surface area contributed by atoms with Crippen molar-refractivity contribution >= 4 is 17.9 Å². The largest absolute Gasteiger partial charge is 0.463 e. The number of carbonyl (C=O) groups is 3. The summed E-state index contributed by atoms with van der Waals surface area (Å²) in [5.41, 5.74) is -1.68. The van der Waals surface area contributed by atoms with Crippen molar-refractivity contribution in [1.29, 1.82) is 0 Å². The Balaban J connectivity index is 2.46. The van der Waals surface area contributed by atoms with Gasteiger partial charge in [0.1, 0.15) is 12.7 Å². The van der Waals surface area contributed by atoms with E-state index in [4.69, 9.17) is 18.9 Å². The van der Waals surface area contributed by atoms with Gasteiger partial charge in [-0.2, -0.15) is 0 Å². The molecule has 1 saturated heterocycles. The van der Waals surface area contributed by atoms with Gasteiger partial charge in [-0.1, -0.05) is 0 Å². The Hall–Kier alpha value is -3.02. The van der Waals surface area contributed by atoms with Crippen LogP contribution in [-0.2, 0) is 33.3 Å². The number of hydrogen-bond acceptors (Lipinski definition) is 9. The number of rotatable bonds is 5. The third-order valence-electron chi connectivity index (χ3n) is 3.77. The van der Waals surface area contributed by atoms with E-state index in [9.17, 15) is 24.0 Å². The van der Waals surface area contributed by atoms with Crippen molar-refractivity contribution in [1.82, 2.24) is 9.55 Å². The highest BCUT2D eigenvalue weighted by Gasteiger charge is 2.51. The zero-order valence-electron chi connectivity index (χ0n) is 15.2. The maximum absolute atomic E-state index is 15.2. The monoisotopic (exact) mass is 402 g/mol. The molecule has 1 fully saturated rings. The van der Waals surface area contributed by atoms with Crippen molar-refractivity contribution < 1.29 is 37.7 Å². The number of H-pyrrole nitrogens is 1. The maximum atomic E-state index is 15.2. The SMILES string of the molecule is CC(=O)OC[C@H]1O[C@@H](n2ccc(=O)[nH]c2=O)[C@H](F)[C@@H](OC(C)=O)[C@@H]1OC(C)=O. The van der Waals surface area contributed by atoms with E-state index in [1.165, 1.54) is 0 Å². The summed E-state index contributed by atoms with van der Waals surface area (Å²) >= 11 is 0. The summed E-state index contributed by atoms with van der Waals surface area (Å²) in [5.74, 6) is -2.37. The van der Waals surface area contributed by atoms with Crippen molar-refractivity contribution in [3.63, 3.8) is 0 Å². The topological polar surface area (TPSA) is 143 Å². The zero-order chi connectivity index (χ0) is 21.0. The van der Waals surface area contributed by atoms with Crippen LogP contribution in [0.5, 0.6) is 0 Å². The molecule has 1 aliphatic rings. The van der Waals surface area contributed by atoms with Crippen LogP contribution in [0, 0.1) is 0 Å². The lowest BCUT2D eigenvalue weighted by molar-refractivity contribution is -0.251. The molecule has 5 atom stereocenters. The Morgan fingerprint density at radius 1 is 1.11 bits per heavy atom. The minimum absolute atomic E-state index is 0.466. The molecule has 0 spiro atoms. The normalized spacial score (nSPS) is 26.9. The molecule has 1 N–H and O–H groups in total. The number of nitrogens with one attached hydrogen (secondary N) is 1. The number of ether oxygens (including phenoxy) is 4. The van der Waals surface area contributed by atoms with Gasteiger partial charge in [-0.3, -0.25) is 28.7 Å². The van der Waals surface area contributed by atoms with Crippen LogP contribution in [0.15, 0.2) is 21.9 Å². The number of aromatic amines is 1. The third kappa shape index (κ3) is 5.03. The van der Waals surface area contributed by atoms with Gasteiger partial charge in [0.15, 0.2) is 24.6 Å². The van der Waals surface area contributed by atoms with Crippen LogP contribution >= 0.6 is 0 Å². The van der Waals surface area contributed by atoms with E-state index in [0.29, 0.717) is 0 Å². The second kappa shape index (κ2) is 8.78. The van der Waals surface area contributed by atoms with E-state index >= 15 is 4.39 Å². The molecule has 11 nitrogen and oxygen atoms in total. The highest BCUT2D eigenvalue weighted by molar-refractivity contribution is 5.67. The Bertz CT molecular complexity index is 864. The molecule has 1 aromatic heterocycles. The average molecular weight is 402 g/mol. The summed E-state index contributed by atoms with van der Waals surface area (Å²) < 4.78 is 36.3. The molecular formula is C16H19FN2O9. The van der Waals surface area contributed by atoms with Gasteiger partial charge in [-0.25, -0.2) is 9.18 Å². The summed E-state index contributed by atoms with van der Waals surface area (Å²) in [6.45, 7) is 2.73. The Morgan fingerprint density at radius 2 is 1.71 bits per heavy atom. The van der Waals surface area contributed by atoms with Crippen LogP contribution in [0.2, 0.25) is 0 Å². The molecule has 0 amide bonds. The van der Waals surface area contributed by atoms with Gasteiger partial charge in [0.2, 0.25) is 0 Å². The van der Waals surface area contributed by atoms with Crippen LogP contribution in [0.3, 0.4) is 0 Å². The number of aromatic nitrogens is 2. The van der Waals surface area contributed by atoms with E-state index in [2.05, 4.69) is 0 Å². The molecule has 0 aliphatic carbocycles. The van der Waals surface area contributed by atoms with E-state index < -0.39 is 66.5 Å². The first-order valence-corrected chi connectivity index (χ1v) is 8.19. The molecular weight excluding hydrogens is 383 g/mol. The van der Waals surface area contributed by atoms with Crippen LogP contribution in [-0.4, -0.2) is 58.5 Å². The minimum Gasteiger partial charge on any atom is -0.463 e. The number of alkyl halides is 1. The van der Waals surface area contributed by atoms with Crippen molar-refractivity contribution in [2.45, 2.75) is 51.5 Å². The van der Waals surface area contributed by atoms with Gasteiger partial charge < -0.3 is 18.9 Å². The second-order valence-corrected chi connectivity index (χ2v) is 5.98. The Morgan fingerprint density at radius 3 is 2.25 bits per heavy atom. The lowest BCUT2D eigenvalue weighted by Gasteiger charge is -2.42. The molecule has 0 radical (unpaired) electrons. The fourth-order valence-electron chi connectivity index (χ4n) is 2.73. The van der Waals surface area contributed by atoms with Gasteiger partial charge >= 0.3 is 23.6 Å². The lowest BCUT2D eigenvalue weighted by Crippen LogP contribution is -2.59. The molecule has 1 aromatic rings. The summed E-state index contributed by atoms with van der Waals surface area (Å²) in [5, 5.41) is 0. The molecule has 28 heavy (non-hydrogen) atoms. The first kappa shape index (κ1) is 21.3. The van der Waals surface area contributed by atoms with Crippen LogP contribution < -0.4 is 11.2 Å². The Kier molecular flexibility index (Phi) is 6.67. The minimum atomic E-state index is -2.15. The van der Waals surface area contributed by atoms with Crippen molar-refractivity contribution in [3.05, 3.63) is 33.1 Å². The van der Waals surface area contributed by atoms with E-state index in [1.807, 2.05) is 4.98 Å². The number of nitrogens with zero attached hydrogens (tertiary/aromatic N) is 1. The predicted octanol–water partition coefficient (Wildman–Crippen LogP) is -0.801. The van der Waals surface area contributed by atoms with Crippen LogP contribution in [0.4, 0.5) is 4.39 Å². The molecule has 154 valence electrons. The highest BCUT2D eigenvalue weighted by Crippen LogP contribution is 2.33. The van der Waals surface area contributed by atoms with Crippen LogP contribution in [0.25, 0.3) is 0 Å². The van der Waals surface area contributed by atoms with Crippen molar-refractivity contribution in [2.75, 3.05) is 6.61 Å². The van der Waals surface area contributed by atoms with Gasteiger partial charge in [0.25, 0.3) is 5.56 Å². The number of esters is 3. The van der Waals surface area contributed by atoms with Gasteiger partial charge in [0.05, 0.1) is 0 Å². The summed E-state index contributed by atoms with van der Waals surface area (Å²) in [6.07, 6.45) is -7.15. The summed E-state index contributed by atoms with van der Waals surface area (Å²) in [7, 11) is 0. The first-order valence-electron chi connectivity index (χ1n) is 8.19. The molecule has 1 aliphatic heterocycles. The van der Waals surface area contributed by atoms with Gasteiger partial charge in [-0.15, -0.1) is 0 Å². The highest BCUT2D eigenvalue weighted by atomic mass is 19.1. The predicted molar refractivity (Wildman–Crippen MR) is 87.9 cm³/mol. The van der Waals surface area contributed by atoms with E-state index in [0.717, 1.165) is 37.6 Å². The van der Waals surface area contributed by atoms with Gasteiger partial charge in [0, 0.05) is 33.0 Å². The molecule has 2 heterocycles. The first-order chi connectivity index (χ1) is 13.1. The fraction of sp³-hybridized carbons (Fsp3) is 0.562. The average Bonchev–Trinajstić information content (AvgIpc) is 2.57. The molecule has 0 saturated carbocycles.